The van der Waals surface area contributed by atoms with Gasteiger partial charge in [0.2, 0.25) is 0 Å². The summed E-state index contributed by atoms with van der Waals surface area (Å²) in [4.78, 5) is 23.9. The van der Waals surface area contributed by atoms with E-state index in [2.05, 4.69) is 13.2 Å². The number of esters is 1. The largest absolute Gasteiger partial charge is 0.493 e. The fraction of sp³-hybridized carbons (Fsp3) is 0.364. The Morgan fingerprint density at radius 1 is 1.27 bits per heavy atom. The van der Waals surface area contributed by atoms with E-state index in [1.54, 1.807) is 12.1 Å². The van der Waals surface area contributed by atoms with Gasteiger partial charge in [-0.3, -0.25) is 9.59 Å². The minimum absolute atomic E-state index is 0.0604. The van der Waals surface area contributed by atoms with E-state index in [0.29, 0.717) is 11.5 Å². The monoisotopic (exact) mass is 352 g/mol. The van der Waals surface area contributed by atoms with Crippen molar-refractivity contribution in [2.45, 2.75) is 19.8 Å². The molecule has 0 heterocycles. The van der Waals surface area contributed by atoms with Gasteiger partial charge >= 0.3 is 5.97 Å². The molecule has 1 aromatic carbocycles. The van der Waals surface area contributed by atoms with Crippen LogP contribution in [0.5, 0.6) is 11.5 Å². The van der Waals surface area contributed by atoms with E-state index >= 15 is 0 Å². The van der Waals surface area contributed by atoms with Crippen LogP contribution < -0.4 is 9.47 Å². The molecular formula is C22H24O4. The number of carbonyl (C=O) groups excluding carboxylic acids is 2. The van der Waals surface area contributed by atoms with Crippen molar-refractivity contribution in [1.29, 1.82) is 0 Å². The fourth-order valence-electron chi connectivity index (χ4n) is 4.37. The van der Waals surface area contributed by atoms with E-state index < -0.39 is 5.97 Å². The quantitative estimate of drug-likeness (QED) is 0.458. The van der Waals surface area contributed by atoms with Gasteiger partial charge in [-0.25, -0.2) is 0 Å². The highest BCUT2D eigenvalue weighted by Crippen LogP contribution is 2.49. The van der Waals surface area contributed by atoms with Crippen LogP contribution in [0.4, 0.5) is 0 Å². The lowest BCUT2D eigenvalue weighted by Crippen LogP contribution is -2.29. The minimum atomic E-state index is -0.392. The van der Waals surface area contributed by atoms with Gasteiger partial charge in [0.05, 0.1) is 7.11 Å². The van der Waals surface area contributed by atoms with E-state index in [1.807, 2.05) is 24.3 Å². The van der Waals surface area contributed by atoms with Crippen molar-refractivity contribution >= 4 is 11.8 Å². The maximum absolute atomic E-state index is 12.5. The van der Waals surface area contributed by atoms with Crippen LogP contribution in [-0.2, 0) is 16.0 Å². The van der Waals surface area contributed by atoms with E-state index in [-0.39, 0.29) is 29.5 Å². The number of ketones is 1. The number of allylic oxidation sites excluding steroid dienone is 4. The summed E-state index contributed by atoms with van der Waals surface area (Å²) in [6, 6.07) is 5.58. The topological polar surface area (TPSA) is 52.6 Å². The average Bonchev–Trinajstić information content (AvgIpc) is 2.97. The van der Waals surface area contributed by atoms with Crippen molar-refractivity contribution in [2.75, 3.05) is 7.11 Å². The maximum Gasteiger partial charge on any atom is 0.308 e. The molecule has 1 saturated carbocycles. The van der Waals surface area contributed by atoms with Crippen LogP contribution in [-0.4, -0.2) is 18.9 Å². The van der Waals surface area contributed by atoms with Crippen molar-refractivity contribution in [3.05, 3.63) is 60.7 Å². The summed E-state index contributed by atoms with van der Waals surface area (Å²) in [5.74, 6) is 1.25. The molecule has 0 spiro atoms. The number of hydrogen-bond donors (Lipinski definition) is 0. The summed E-state index contributed by atoms with van der Waals surface area (Å²) in [5.41, 5.74) is 2.03. The van der Waals surface area contributed by atoms with Gasteiger partial charge in [-0.05, 0) is 54.4 Å². The van der Waals surface area contributed by atoms with Crippen molar-refractivity contribution in [3.63, 3.8) is 0 Å². The summed E-state index contributed by atoms with van der Waals surface area (Å²) in [5, 5.41) is 0. The molecule has 3 rings (SSSR count). The SMILES string of the molecule is C=C[C@@H]1C[C@H](Cc2ccc(OC)c(OC(C)=O)c2)[C@H]2C(=O)C=CC(=C)[C@H]21. The highest BCUT2D eigenvalue weighted by molar-refractivity contribution is 5.94. The number of hydrogen-bond acceptors (Lipinski definition) is 4. The van der Waals surface area contributed by atoms with Crippen molar-refractivity contribution in [2.24, 2.45) is 23.7 Å². The number of ether oxygens (including phenoxy) is 2. The molecule has 2 aliphatic rings. The van der Waals surface area contributed by atoms with Crippen LogP contribution >= 0.6 is 0 Å². The minimum Gasteiger partial charge on any atom is -0.493 e. The Morgan fingerprint density at radius 3 is 2.69 bits per heavy atom. The average molecular weight is 352 g/mol. The first kappa shape index (κ1) is 18.2. The molecule has 0 unspecified atom stereocenters. The van der Waals surface area contributed by atoms with Gasteiger partial charge in [-0.1, -0.05) is 30.4 Å². The normalized spacial score (nSPS) is 27.2. The molecule has 1 fully saturated rings. The van der Waals surface area contributed by atoms with E-state index in [1.165, 1.54) is 14.0 Å². The molecule has 2 aliphatic carbocycles. The summed E-state index contributed by atoms with van der Waals surface area (Å²) in [6.07, 6.45) is 7.08. The summed E-state index contributed by atoms with van der Waals surface area (Å²) in [6.45, 7) is 9.46. The summed E-state index contributed by atoms with van der Waals surface area (Å²) < 4.78 is 10.5. The lowest BCUT2D eigenvalue weighted by Gasteiger charge is -2.28. The van der Waals surface area contributed by atoms with Gasteiger partial charge in [0.15, 0.2) is 17.3 Å². The Bertz CT molecular complexity index is 789. The van der Waals surface area contributed by atoms with Crippen LogP contribution in [0.3, 0.4) is 0 Å². The Hall–Kier alpha value is -2.62. The molecule has 0 radical (unpaired) electrons. The molecule has 0 saturated heterocycles. The first-order chi connectivity index (χ1) is 12.4. The van der Waals surface area contributed by atoms with Gasteiger partial charge in [0.1, 0.15) is 0 Å². The second-order valence-corrected chi connectivity index (χ2v) is 7.04. The molecule has 1 aromatic rings. The smallest absolute Gasteiger partial charge is 0.308 e. The predicted molar refractivity (Wildman–Crippen MR) is 100 cm³/mol. The van der Waals surface area contributed by atoms with Crippen molar-refractivity contribution < 1.29 is 19.1 Å². The molecule has 0 amide bonds. The zero-order chi connectivity index (χ0) is 18.8. The molecule has 0 aliphatic heterocycles. The van der Waals surface area contributed by atoms with Crippen molar-refractivity contribution in [1.82, 2.24) is 0 Å². The van der Waals surface area contributed by atoms with E-state index in [0.717, 1.165) is 24.0 Å². The molecule has 4 nitrogen and oxygen atoms in total. The second-order valence-electron chi connectivity index (χ2n) is 7.04. The third-order valence-electron chi connectivity index (χ3n) is 5.43. The van der Waals surface area contributed by atoms with E-state index in [4.69, 9.17) is 9.47 Å². The maximum atomic E-state index is 12.5. The summed E-state index contributed by atoms with van der Waals surface area (Å²) >= 11 is 0. The highest BCUT2D eigenvalue weighted by Gasteiger charge is 2.46. The Morgan fingerprint density at radius 2 is 2.04 bits per heavy atom. The van der Waals surface area contributed by atoms with Gasteiger partial charge in [0, 0.05) is 12.8 Å². The number of rotatable bonds is 5. The van der Waals surface area contributed by atoms with Gasteiger partial charge in [0.25, 0.3) is 0 Å². The molecule has 4 heteroatoms. The third-order valence-corrected chi connectivity index (χ3v) is 5.43. The lowest BCUT2D eigenvalue weighted by molar-refractivity contribution is -0.132. The second kappa shape index (κ2) is 7.32. The predicted octanol–water partition coefficient (Wildman–Crippen LogP) is 3.91. The molecular weight excluding hydrogens is 328 g/mol. The molecule has 26 heavy (non-hydrogen) atoms. The van der Waals surface area contributed by atoms with Crippen LogP contribution in [0.2, 0.25) is 0 Å². The standard InChI is InChI=1S/C22H24O4/c1-5-16-12-17(22-18(24)8-6-13(2)21(16)22)10-15-7-9-19(25-4)20(11-15)26-14(3)23/h5-9,11,16-17,21-22H,1-2,10,12H2,3-4H3/t16-,17+,21+,22+/m1/s1. The van der Waals surface area contributed by atoms with Crippen LogP contribution in [0, 0.1) is 23.7 Å². The molecule has 0 bridgehead atoms. The fourth-order valence-corrected chi connectivity index (χ4v) is 4.37. The first-order valence-corrected chi connectivity index (χ1v) is 8.83. The number of benzene rings is 1. The number of fused-ring (bicyclic) bond motifs is 1. The van der Waals surface area contributed by atoms with Gasteiger partial charge in [-0.15, -0.1) is 6.58 Å². The molecule has 0 aromatic heterocycles. The Balaban J connectivity index is 1.87. The molecule has 136 valence electrons. The van der Waals surface area contributed by atoms with Crippen LogP contribution in [0.25, 0.3) is 0 Å². The molecule has 0 N–H and O–H groups in total. The molecule has 4 atom stereocenters. The zero-order valence-corrected chi connectivity index (χ0v) is 15.2. The summed E-state index contributed by atoms with van der Waals surface area (Å²) in [7, 11) is 1.54. The van der Waals surface area contributed by atoms with Gasteiger partial charge in [-0.2, -0.15) is 0 Å². The van der Waals surface area contributed by atoms with Crippen LogP contribution in [0.15, 0.2) is 55.2 Å². The Labute approximate surface area is 154 Å². The first-order valence-electron chi connectivity index (χ1n) is 8.83. The zero-order valence-electron chi connectivity index (χ0n) is 15.2. The van der Waals surface area contributed by atoms with Crippen molar-refractivity contribution in [3.8, 4) is 11.5 Å². The highest BCUT2D eigenvalue weighted by atomic mass is 16.6. The van der Waals surface area contributed by atoms with E-state index in [9.17, 15) is 9.59 Å². The Kier molecular flexibility index (Phi) is 5.12. The third kappa shape index (κ3) is 3.36. The van der Waals surface area contributed by atoms with Crippen LogP contribution in [0.1, 0.15) is 18.9 Å². The lowest BCUT2D eigenvalue weighted by atomic mass is 9.75. The number of carbonyl (C=O) groups is 2. The number of methoxy groups -OCH3 is 1. The van der Waals surface area contributed by atoms with Gasteiger partial charge < -0.3 is 9.47 Å².